The molecule has 1 aliphatic rings. The molecule has 1 aromatic heterocycles. The van der Waals surface area contributed by atoms with Crippen molar-refractivity contribution in [3.63, 3.8) is 0 Å². The molecular weight excluding hydrogens is 438 g/mol. The number of hydrogen-bond donors (Lipinski definition) is 1. The Morgan fingerprint density at radius 1 is 1.09 bits per heavy atom. The van der Waals surface area contributed by atoms with Gasteiger partial charge in [-0.1, -0.05) is 19.1 Å². The molecule has 2 heterocycles. The Bertz CT molecular complexity index is 1070. The van der Waals surface area contributed by atoms with Gasteiger partial charge in [0.2, 0.25) is 12.3 Å². The maximum absolute atomic E-state index is 13.2. The fraction of sp³-hybridized carbons (Fsp3) is 0.440. The van der Waals surface area contributed by atoms with Gasteiger partial charge in [0.25, 0.3) is 0 Å². The van der Waals surface area contributed by atoms with Gasteiger partial charge in [-0.2, -0.15) is 0 Å². The number of carbonyl (C=O) groups excluding carboxylic acids is 2. The van der Waals surface area contributed by atoms with Crippen LogP contribution in [-0.2, 0) is 23.8 Å². The highest BCUT2D eigenvalue weighted by Gasteiger charge is 2.38. The first-order valence-corrected chi connectivity index (χ1v) is 11.3. The van der Waals surface area contributed by atoms with Gasteiger partial charge in [0.1, 0.15) is 6.61 Å². The fourth-order valence-electron chi connectivity index (χ4n) is 3.81. The molecule has 0 fully saturated rings. The molecule has 0 saturated heterocycles. The second-order valence-electron chi connectivity index (χ2n) is 8.21. The van der Waals surface area contributed by atoms with Gasteiger partial charge < -0.3 is 23.9 Å². The number of benzene rings is 1. The molecule has 1 atom stereocenters. The van der Waals surface area contributed by atoms with Crippen molar-refractivity contribution in [1.82, 2.24) is 15.5 Å². The van der Waals surface area contributed by atoms with E-state index in [0.29, 0.717) is 52.8 Å². The molecule has 9 nitrogen and oxygen atoms in total. The first kappa shape index (κ1) is 25.2. The van der Waals surface area contributed by atoms with Crippen molar-refractivity contribution in [2.75, 3.05) is 19.8 Å². The van der Waals surface area contributed by atoms with Crippen molar-refractivity contribution in [2.45, 2.75) is 53.1 Å². The Kier molecular flexibility index (Phi) is 8.59. The van der Waals surface area contributed by atoms with E-state index in [0.717, 1.165) is 6.42 Å². The van der Waals surface area contributed by atoms with Crippen LogP contribution in [0.4, 0.5) is 0 Å². The van der Waals surface area contributed by atoms with Crippen LogP contribution in [0.15, 0.2) is 57.6 Å². The number of ether oxygens (including phenoxy) is 3. The third-order valence-corrected chi connectivity index (χ3v) is 5.18. The number of nitrogens with zero attached hydrogens (tertiary/aromatic N) is 2. The lowest BCUT2D eigenvalue weighted by molar-refractivity contribution is -0.143. The van der Waals surface area contributed by atoms with E-state index in [2.05, 4.69) is 15.5 Å². The van der Waals surface area contributed by atoms with E-state index in [-0.39, 0.29) is 12.7 Å². The minimum Gasteiger partial charge on any atom is -0.460 e. The minimum absolute atomic E-state index is 0.110. The zero-order valence-electron chi connectivity index (χ0n) is 20.2. The molecule has 0 saturated carbocycles. The highest BCUT2D eigenvalue weighted by molar-refractivity contribution is 6.00. The number of allylic oxidation sites excluding steroid dienone is 2. The molecule has 0 bridgehead atoms. The van der Waals surface area contributed by atoms with Crippen LogP contribution in [-0.4, -0.2) is 48.1 Å². The summed E-state index contributed by atoms with van der Waals surface area (Å²) in [4.78, 5) is 26.4. The number of dihydropyridines is 1. The number of hydrogen-bond acceptors (Lipinski definition) is 9. The number of carbonyl (C=O) groups is 2. The fourth-order valence-corrected chi connectivity index (χ4v) is 3.81. The predicted molar refractivity (Wildman–Crippen MR) is 124 cm³/mol. The Labute approximate surface area is 199 Å². The summed E-state index contributed by atoms with van der Waals surface area (Å²) >= 11 is 0. The summed E-state index contributed by atoms with van der Waals surface area (Å²) in [7, 11) is 0. The van der Waals surface area contributed by atoms with Crippen LogP contribution in [0, 0.1) is 0 Å². The smallest absolute Gasteiger partial charge is 0.337 e. The summed E-state index contributed by atoms with van der Waals surface area (Å²) in [6.45, 7) is 10.1. The molecule has 0 aliphatic carbocycles. The zero-order chi connectivity index (χ0) is 24.7. The van der Waals surface area contributed by atoms with Crippen molar-refractivity contribution in [3.8, 4) is 11.5 Å². The van der Waals surface area contributed by atoms with Gasteiger partial charge in [-0.25, -0.2) is 9.59 Å². The van der Waals surface area contributed by atoms with Crippen molar-refractivity contribution in [2.24, 2.45) is 0 Å². The third kappa shape index (κ3) is 5.91. The zero-order valence-corrected chi connectivity index (χ0v) is 20.2. The van der Waals surface area contributed by atoms with Gasteiger partial charge in [0.15, 0.2) is 0 Å². The normalized spacial score (nSPS) is 16.0. The van der Waals surface area contributed by atoms with Crippen LogP contribution in [0.5, 0.6) is 0 Å². The lowest BCUT2D eigenvalue weighted by Crippen LogP contribution is -2.33. The van der Waals surface area contributed by atoms with Crippen LogP contribution >= 0.6 is 0 Å². The van der Waals surface area contributed by atoms with Crippen LogP contribution in [0.25, 0.3) is 11.5 Å². The Morgan fingerprint density at radius 2 is 1.82 bits per heavy atom. The van der Waals surface area contributed by atoms with Crippen LogP contribution in [0.3, 0.4) is 0 Å². The average molecular weight is 470 g/mol. The molecular formula is C25H31N3O6. The van der Waals surface area contributed by atoms with E-state index in [4.69, 9.17) is 18.6 Å². The molecule has 0 radical (unpaired) electrons. The van der Waals surface area contributed by atoms with Crippen molar-refractivity contribution < 1.29 is 28.2 Å². The van der Waals surface area contributed by atoms with Gasteiger partial charge in [-0.3, -0.25) is 0 Å². The van der Waals surface area contributed by atoms with Crippen LogP contribution < -0.4 is 5.32 Å². The molecule has 3 rings (SSSR count). The summed E-state index contributed by atoms with van der Waals surface area (Å²) in [5.41, 5.74) is 3.25. The maximum atomic E-state index is 13.2. The van der Waals surface area contributed by atoms with Gasteiger partial charge in [-0.05, 0) is 51.8 Å². The monoisotopic (exact) mass is 469 g/mol. The van der Waals surface area contributed by atoms with E-state index in [1.54, 1.807) is 27.7 Å². The maximum Gasteiger partial charge on any atom is 0.337 e. The van der Waals surface area contributed by atoms with Gasteiger partial charge in [-0.15, -0.1) is 10.2 Å². The summed E-state index contributed by atoms with van der Waals surface area (Å²) < 4.78 is 21.8. The summed E-state index contributed by atoms with van der Waals surface area (Å²) in [5, 5.41) is 10.9. The van der Waals surface area contributed by atoms with E-state index in [9.17, 15) is 9.59 Å². The molecule has 0 amide bonds. The molecule has 9 heteroatoms. The quantitative estimate of drug-likeness (QED) is 0.409. The first-order valence-electron chi connectivity index (χ1n) is 11.3. The second-order valence-corrected chi connectivity index (χ2v) is 8.21. The Balaban J connectivity index is 2.01. The number of rotatable bonds is 10. The van der Waals surface area contributed by atoms with E-state index in [1.807, 2.05) is 31.2 Å². The molecule has 1 aromatic carbocycles. The minimum atomic E-state index is -0.709. The van der Waals surface area contributed by atoms with Gasteiger partial charge in [0, 0.05) is 23.6 Å². The average Bonchev–Trinajstić information content (AvgIpc) is 3.33. The molecule has 2 aromatic rings. The van der Waals surface area contributed by atoms with E-state index >= 15 is 0 Å². The van der Waals surface area contributed by atoms with Crippen molar-refractivity contribution in [1.29, 1.82) is 0 Å². The van der Waals surface area contributed by atoms with Crippen LogP contribution in [0.2, 0.25) is 0 Å². The Hall–Kier alpha value is -3.46. The number of nitrogens with one attached hydrogen (secondary N) is 1. The molecule has 34 heavy (non-hydrogen) atoms. The molecule has 0 spiro atoms. The summed E-state index contributed by atoms with van der Waals surface area (Å²) in [6, 6.07) is 7.30. The molecule has 1 unspecified atom stereocenters. The lowest BCUT2D eigenvalue weighted by atomic mass is 9.80. The summed E-state index contributed by atoms with van der Waals surface area (Å²) in [5.74, 6) is -1.40. The largest absolute Gasteiger partial charge is 0.460 e. The Morgan fingerprint density at radius 3 is 2.47 bits per heavy atom. The molecule has 182 valence electrons. The van der Waals surface area contributed by atoms with Crippen molar-refractivity contribution >= 4 is 11.9 Å². The molecule has 1 N–H and O–H groups in total. The predicted octanol–water partition coefficient (Wildman–Crippen LogP) is 3.89. The van der Waals surface area contributed by atoms with Gasteiger partial charge >= 0.3 is 11.9 Å². The standard InChI is InChI=1S/C25H31N3O6/c1-6-10-31-11-12-32-24(29)20-16(4)27-17(5)21(25(30)34-15(2)3)22(20)18-8-7-9-19(13-18)23-28-26-14-33-23/h7-9,13-15,22,27H,6,10-12H2,1-5H3. The lowest BCUT2D eigenvalue weighted by Gasteiger charge is -2.31. The van der Waals surface area contributed by atoms with Crippen LogP contribution in [0.1, 0.15) is 52.5 Å². The van der Waals surface area contributed by atoms with E-state index in [1.165, 1.54) is 6.39 Å². The topological polar surface area (TPSA) is 113 Å². The highest BCUT2D eigenvalue weighted by atomic mass is 16.6. The number of esters is 2. The highest BCUT2D eigenvalue weighted by Crippen LogP contribution is 2.40. The first-order chi connectivity index (χ1) is 16.3. The summed E-state index contributed by atoms with van der Waals surface area (Å²) in [6.07, 6.45) is 1.80. The molecule has 1 aliphatic heterocycles. The number of aromatic nitrogens is 2. The van der Waals surface area contributed by atoms with Gasteiger partial charge in [0.05, 0.1) is 29.8 Å². The SMILES string of the molecule is CCCOCCOC(=O)C1=C(C)NC(C)=C(C(=O)OC(C)C)C1c1cccc(-c2nnco2)c1. The van der Waals surface area contributed by atoms with Crippen molar-refractivity contribution in [3.05, 3.63) is 58.8 Å². The second kappa shape index (κ2) is 11.6. The van der Waals surface area contributed by atoms with E-state index < -0.39 is 17.9 Å². The third-order valence-electron chi connectivity index (χ3n) is 5.18.